The number of hydrogen-bond donors (Lipinski definition) is 2. The molecule has 0 fully saturated rings. The van der Waals surface area contributed by atoms with E-state index in [4.69, 9.17) is 5.73 Å². The second-order valence-corrected chi connectivity index (χ2v) is 4.04. The second-order valence-electron chi connectivity index (χ2n) is 4.04. The first-order valence-electron chi connectivity index (χ1n) is 5.08. The molecule has 0 saturated carbocycles. The van der Waals surface area contributed by atoms with Crippen LogP contribution in [0.25, 0.3) is 11.1 Å². The van der Waals surface area contributed by atoms with Gasteiger partial charge in [-0.1, -0.05) is 6.07 Å². The molecule has 0 atom stereocenters. The van der Waals surface area contributed by atoms with Crippen LogP contribution in [0.2, 0.25) is 0 Å². The van der Waals surface area contributed by atoms with Gasteiger partial charge in [-0.15, -0.1) is 0 Å². The largest absolute Gasteiger partial charge is 0.507 e. The van der Waals surface area contributed by atoms with Crippen molar-refractivity contribution in [1.29, 1.82) is 0 Å². The Bertz CT molecular complexity index is 520. The quantitative estimate of drug-likeness (QED) is 0.767. The number of aryl methyl sites for hydroxylation is 3. The molecule has 2 aromatic rings. The summed E-state index contributed by atoms with van der Waals surface area (Å²) in [4.78, 5) is 0. The van der Waals surface area contributed by atoms with E-state index in [1.54, 1.807) is 24.0 Å². The number of hydrogen-bond acceptors (Lipinski definition) is 3. The number of anilines is 1. The van der Waals surface area contributed by atoms with Crippen LogP contribution in [-0.2, 0) is 7.05 Å². The Morgan fingerprint density at radius 3 is 2.50 bits per heavy atom. The van der Waals surface area contributed by atoms with E-state index in [0.29, 0.717) is 5.82 Å². The third kappa shape index (κ3) is 1.52. The summed E-state index contributed by atoms with van der Waals surface area (Å²) in [6, 6.07) is 3.75. The summed E-state index contributed by atoms with van der Waals surface area (Å²) in [5, 5.41) is 14.0. The zero-order valence-electron chi connectivity index (χ0n) is 9.65. The highest BCUT2D eigenvalue weighted by molar-refractivity contribution is 5.80. The van der Waals surface area contributed by atoms with Crippen LogP contribution in [0.5, 0.6) is 5.75 Å². The van der Waals surface area contributed by atoms with Crippen molar-refractivity contribution in [3.05, 3.63) is 29.5 Å². The zero-order valence-corrected chi connectivity index (χ0v) is 9.65. The van der Waals surface area contributed by atoms with Gasteiger partial charge in [0.25, 0.3) is 0 Å². The summed E-state index contributed by atoms with van der Waals surface area (Å²) >= 11 is 0. The fourth-order valence-corrected chi connectivity index (χ4v) is 1.94. The van der Waals surface area contributed by atoms with Gasteiger partial charge in [0, 0.05) is 18.2 Å². The lowest BCUT2D eigenvalue weighted by Crippen LogP contribution is -1.98. The van der Waals surface area contributed by atoms with E-state index in [2.05, 4.69) is 5.10 Å². The molecule has 0 spiro atoms. The van der Waals surface area contributed by atoms with Gasteiger partial charge >= 0.3 is 0 Å². The number of nitrogens with two attached hydrogens (primary N) is 1. The molecule has 4 nitrogen and oxygen atoms in total. The molecule has 4 heteroatoms. The highest BCUT2D eigenvalue weighted by Crippen LogP contribution is 2.36. The molecule has 0 unspecified atom stereocenters. The van der Waals surface area contributed by atoms with Crippen molar-refractivity contribution in [2.24, 2.45) is 7.05 Å². The molecule has 3 N–H and O–H groups in total. The summed E-state index contributed by atoms with van der Waals surface area (Å²) in [7, 11) is 1.78. The number of nitrogens with zero attached hydrogens (tertiary/aromatic N) is 2. The highest BCUT2D eigenvalue weighted by atomic mass is 16.3. The second kappa shape index (κ2) is 3.56. The Morgan fingerprint density at radius 2 is 2.00 bits per heavy atom. The number of aromatic nitrogens is 2. The third-order valence-corrected chi connectivity index (χ3v) is 2.71. The minimum Gasteiger partial charge on any atom is -0.507 e. The average Bonchev–Trinajstić information content (AvgIpc) is 2.48. The molecule has 0 saturated heterocycles. The molecular formula is C12H15N3O. The average molecular weight is 217 g/mol. The molecule has 84 valence electrons. The van der Waals surface area contributed by atoms with Gasteiger partial charge in [-0.2, -0.15) is 5.10 Å². The monoisotopic (exact) mass is 217 g/mol. The number of aromatic hydroxyl groups is 1. The van der Waals surface area contributed by atoms with Gasteiger partial charge in [0.15, 0.2) is 0 Å². The molecule has 0 aliphatic rings. The zero-order chi connectivity index (χ0) is 11.9. The molecule has 0 aliphatic heterocycles. The topological polar surface area (TPSA) is 64.1 Å². The summed E-state index contributed by atoms with van der Waals surface area (Å²) in [5.74, 6) is 0.805. The third-order valence-electron chi connectivity index (χ3n) is 2.71. The summed E-state index contributed by atoms with van der Waals surface area (Å²) in [6.07, 6.45) is 1.67. The van der Waals surface area contributed by atoms with Crippen LogP contribution in [0.3, 0.4) is 0 Å². The maximum Gasteiger partial charge on any atom is 0.129 e. The molecular weight excluding hydrogens is 202 g/mol. The van der Waals surface area contributed by atoms with Crippen molar-refractivity contribution in [2.45, 2.75) is 13.8 Å². The molecule has 1 heterocycles. The predicted molar refractivity (Wildman–Crippen MR) is 64.2 cm³/mol. The van der Waals surface area contributed by atoms with Gasteiger partial charge in [0.2, 0.25) is 0 Å². The van der Waals surface area contributed by atoms with Crippen molar-refractivity contribution in [2.75, 3.05) is 5.73 Å². The van der Waals surface area contributed by atoms with Crippen LogP contribution >= 0.6 is 0 Å². The minimum atomic E-state index is 0.247. The molecule has 1 aromatic heterocycles. The minimum absolute atomic E-state index is 0.247. The smallest absolute Gasteiger partial charge is 0.129 e. The van der Waals surface area contributed by atoms with E-state index >= 15 is 0 Å². The van der Waals surface area contributed by atoms with E-state index in [0.717, 1.165) is 22.3 Å². The van der Waals surface area contributed by atoms with Crippen molar-refractivity contribution >= 4 is 5.82 Å². The van der Waals surface area contributed by atoms with Gasteiger partial charge in [0.1, 0.15) is 11.6 Å². The van der Waals surface area contributed by atoms with Crippen LogP contribution in [-0.4, -0.2) is 14.9 Å². The van der Waals surface area contributed by atoms with Crippen LogP contribution in [0.15, 0.2) is 18.3 Å². The van der Waals surface area contributed by atoms with Crippen LogP contribution in [0.1, 0.15) is 11.1 Å². The van der Waals surface area contributed by atoms with Crippen LogP contribution in [0.4, 0.5) is 5.82 Å². The van der Waals surface area contributed by atoms with Crippen LogP contribution < -0.4 is 5.73 Å². The fraction of sp³-hybridized carbons (Fsp3) is 0.250. The van der Waals surface area contributed by atoms with Gasteiger partial charge in [0.05, 0.1) is 6.20 Å². The molecule has 0 radical (unpaired) electrons. The number of rotatable bonds is 1. The first-order valence-corrected chi connectivity index (χ1v) is 5.08. The molecule has 2 rings (SSSR count). The highest BCUT2D eigenvalue weighted by Gasteiger charge is 2.14. The van der Waals surface area contributed by atoms with Gasteiger partial charge in [-0.3, -0.25) is 4.68 Å². The standard InChI is InChI=1S/C12H15N3O/c1-7-4-8(2)11(10(16)5-7)9-6-14-15(3)12(9)13/h4-6,16H,13H2,1-3H3. The van der Waals surface area contributed by atoms with Gasteiger partial charge < -0.3 is 10.8 Å². The summed E-state index contributed by atoms with van der Waals surface area (Å²) in [5.41, 5.74) is 9.46. The SMILES string of the molecule is Cc1cc(C)c(-c2cnn(C)c2N)c(O)c1. The first kappa shape index (κ1) is 10.5. The normalized spacial score (nSPS) is 10.7. The Kier molecular flexibility index (Phi) is 2.34. The Labute approximate surface area is 94.3 Å². The number of nitrogen functional groups attached to an aromatic ring is 1. The fourth-order valence-electron chi connectivity index (χ4n) is 1.94. The predicted octanol–water partition coefficient (Wildman–Crippen LogP) is 1.99. The van der Waals surface area contributed by atoms with Crippen molar-refractivity contribution in [1.82, 2.24) is 9.78 Å². The van der Waals surface area contributed by atoms with Crippen molar-refractivity contribution in [3.8, 4) is 16.9 Å². The Balaban J connectivity index is 2.69. The van der Waals surface area contributed by atoms with E-state index in [-0.39, 0.29) is 5.75 Å². The molecule has 1 aromatic carbocycles. The number of benzene rings is 1. The first-order chi connectivity index (χ1) is 7.50. The molecule has 0 amide bonds. The Hall–Kier alpha value is -1.97. The van der Waals surface area contributed by atoms with Crippen LogP contribution in [0, 0.1) is 13.8 Å². The molecule has 16 heavy (non-hydrogen) atoms. The maximum absolute atomic E-state index is 9.97. The van der Waals surface area contributed by atoms with E-state index < -0.39 is 0 Å². The van der Waals surface area contributed by atoms with E-state index in [1.165, 1.54) is 0 Å². The lowest BCUT2D eigenvalue weighted by molar-refractivity contribution is 0.476. The molecule has 0 bridgehead atoms. The Morgan fingerprint density at radius 1 is 1.31 bits per heavy atom. The number of phenolic OH excluding ortho intramolecular Hbond substituents is 1. The van der Waals surface area contributed by atoms with Gasteiger partial charge in [-0.05, 0) is 31.0 Å². The summed E-state index contributed by atoms with van der Waals surface area (Å²) in [6.45, 7) is 3.90. The molecule has 0 aliphatic carbocycles. The summed E-state index contributed by atoms with van der Waals surface area (Å²) < 4.78 is 1.59. The van der Waals surface area contributed by atoms with Crippen molar-refractivity contribution < 1.29 is 5.11 Å². The van der Waals surface area contributed by atoms with Gasteiger partial charge in [-0.25, -0.2) is 0 Å². The lowest BCUT2D eigenvalue weighted by atomic mass is 9.99. The number of phenols is 1. The van der Waals surface area contributed by atoms with E-state index in [9.17, 15) is 5.11 Å². The lowest BCUT2D eigenvalue weighted by Gasteiger charge is -2.09. The van der Waals surface area contributed by atoms with E-state index in [1.807, 2.05) is 19.9 Å². The van der Waals surface area contributed by atoms with Crippen molar-refractivity contribution in [3.63, 3.8) is 0 Å². The maximum atomic E-state index is 9.97.